The number of carbonyl (C=O) groups is 1. The van der Waals surface area contributed by atoms with Gasteiger partial charge in [-0.25, -0.2) is 0 Å². The van der Waals surface area contributed by atoms with Gasteiger partial charge in [-0.2, -0.15) is 0 Å². The number of hydrogen-bond acceptors (Lipinski definition) is 7. The molecule has 0 amide bonds. The summed E-state index contributed by atoms with van der Waals surface area (Å²) in [5.74, 6) is -1.65. The molecule has 4 saturated heterocycles. The second kappa shape index (κ2) is 6.04. The molecule has 6 rings (SSSR count). The predicted octanol–water partition coefficient (Wildman–Crippen LogP) is 3.76. The topological polar surface area (TPSA) is 75.8 Å². The maximum atomic E-state index is 14.6. The lowest BCUT2D eigenvalue weighted by Crippen LogP contribution is -2.89. The third-order valence-corrected chi connectivity index (χ3v) is 9.85. The highest BCUT2D eigenvalue weighted by molar-refractivity contribution is 5.93. The molecule has 4 heterocycles. The predicted molar refractivity (Wildman–Crippen MR) is 118 cm³/mol. The molecule has 0 aromatic rings. The van der Waals surface area contributed by atoms with Gasteiger partial charge in [-0.3, -0.25) is 4.79 Å². The van der Waals surface area contributed by atoms with Crippen molar-refractivity contribution in [1.29, 1.82) is 0 Å². The van der Waals surface area contributed by atoms with E-state index in [1.807, 2.05) is 41.5 Å². The Labute approximate surface area is 197 Å². The maximum Gasteiger partial charge on any atom is 0.171 e. The van der Waals surface area contributed by atoms with Crippen LogP contribution in [0.5, 0.6) is 0 Å². The quantitative estimate of drug-likeness (QED) is 0.547. The second-order valence-electron chi connectivity index (χ2n) is 13.5. The molecule has 2 saturated carbocycles. The van der Waals surface area contributed by atoms with E-state index in [0.717, 1.165) is 12.8 Å². The molecule has 0 radical (unpaired) electrons. The molecule has 0 aromatic heterocycles. The summed E-state index contributed by atoms with van der Waals surface area (Å²) < 4.78 is 39.6. The second-order valence-corrected chi connectivity index (χ2v) is 13.5. The van der Waals surface area contributed by atoms with E-state index >= 15 is 0 Å². The van der Waals surface area contributed by atoms with E-state index in [4.69, 9.17) is 28.4 Å². The zero-order valence-electron chi connectivity index (χ0n) is 21.6. The van der Waals surface area contributed by atoms with Crippen LogP contribution in [0, 0.1) is 16.7 Å². The van der Waals surface area contributed by atoms with Crippen molar-refractivity contribution in [3.05, 3.63) is 0 Å². The zero-order chi connectivity index (χ0) is 24.0. The summed E-state index contributed by atoms with van der Waals surface area (Å²) in [5, 5.41) is 0. The molecule has 7 nitrogen and oxygen atoms in total. The van der Waals surface area contributed by atoms with Crippen molar-refractivity contribution in [2.45, 2.75) is 134 Å². The van der Waals surface area contributed by atoms with Gasteiger partial charge in [0.05, 0.1) is 18.8 Å². The number of ether oxygens (including phenoxy) is 6. The van der Waals surface area contributed by atoms with Crippen LogP contribution in [0.2, 0.25) is 0 Å². The number of Topliss-reactive ketones (excluding diaryl/α,β-unsaturated/α-hetero) is 1. The molecule has 1 spiro atoms. The summed E-state index contributed by atoms with van der Waals surface area (Å²) in [5.41, 5.74) is -3.77. The van der Waals surface area contributed by atoms with Crippen molar-refractivity contribution >= 4 is 5.78 Å². The highest BCUT2D eigenvalue weighted by Gasteiger charge is 2.86. The molecule has 6 aliphatic rings. The number of epoxide rings is 1. The SMILES string of the molecule is CC1(C)O[C@H]2C3C(C)(C)CC[C@@H]4OC(C)(C)O[C@@]5(C(=O)C[C@](C)(C6CO6)O[C@]5(C)[C@H]2O1)[C@]34C. The van der Waals surface area contributed by atoms with Crippen molar-refractivity contribution in [1.82, 2.24) is 0 Å². The normalized spacial score (nSPS) is 57.6. The van der Waals surface area contributed by atoms with Gasteiger partial charge in [-0.1, -0.05) is 20.8 Å². The van der Waals surface area contributed by atoms with Crippen LogP contribution in [-0.2, 0) is 33.2 Å². The lowest BCUT2D eigenvalue weighted by Gasteiger charge is -2.75. The molecule has 6 fully saturated rings. The Kier molecular flexibility index (Phi) is 4.18. The molecule has 186 valence electrons. The summed E-state index contributed by atoms with van der Waals surface area (Å²) in [6.45, 7) is 19.1. The zero-order valence-corrected chi connectivity index (χ0v) is 21.6. The Hall–Kier alpha value is -0.570. The summed E-state index contributed by atoms with van der Waals surface area (Å²) >= 11 is 0. The average Bonchev–Trinajstić information content (AvgIpc) is 3.44. The molecule has 0 bridgehead atoms. The fourth-order valence-electron chi connectivity index (χ4n) is 8.83. The van der Waals surface area contributed by atoms with E-state index in [1.54, 1.807) is 0 Å². The molecular weight excluding hydrogens is 424 g/mol. The monoisotopic (exact) mass is 464 g/mol. The van der Waals surface area contributed by atoms with Gasteiger partial charge in [0.15, 0.2) is 23.0 Å². The molecule has 33 heavy (non-hydrogen) atoms. The highest BCUT2D eigenvalue weighted by atomic mass is 16.8. The smallest absolute Gasteiger partial charge is 0.171 e. The third kappa shape index (κ3) is 2.59. The van der Waals surface area contributed by atoms with Crippen LogP contribution in [0.4, 0.5) is 0 Å². The molecule has 2 unspecified atom stereocenters. The first-order valence-corrected chi connectivity index (χ1v) is 12.6. The Balaban J connectivity index is 1.64. The van der Waals surface area contributed by atoms with E-state index in [2.05, 4.69) is 20.8 Å². The minimum Gasteiger partial charge on any atom is -0.370 e. The molecule has 2 aliphatic carbocycles. The standard InChI is InChI=1S/C26H40O7/c1-20(2)11-10-15-24(8)18(20)17-19(31-21(3,4)30-17)25(9)26(24,32-22(5,6)29-15)14(27)12-23(7,33-25)16-13-28-16/h15-19H,10-13H2,1-9H3/t15-,16?,17-,18?,19-,23+,24-,25+,26-/m0/s1. The fourth-order valence-corrected chi connectivity index (χ4v) is 8.83. The largest absolute Gasteiger partial charge is 0.370 e. The van der Waals surface area contributed by atoms with Crippen LogP contribution in [-0.4, -0.2) is 65.2 Å². The number of rotatable bonds is 1. The van der Waals surface area contributed by atoms with E-state index in [9.17, 15) is 4.79 Å². The van der Waals surface area contributed by atoms with E-state index in [0.29, 0.717) is 6.61 Å². The Morgan fingerprint density at radius 2 is 1.48 bits per heavy atom. The molecule has 4 aliphatic heterocycles. The number of carbonyl (C=O) groups excluding carboxylic acids is 1. The van der Waals surface area contributed by atoms with Crippen molar-refractivity contribution < 1.29 is 33.2 Å². The van der Waals surface area contributed by atoms with Gasteiger partial charge in [0.1, 0.15) is 23.4 Å². The lowest BCUT2D eigenvalue weighted by atomic mass is 9.39. The lowest BCUT2D eigenvalue weighted by molar-refractivity contribution is -0.459. The summed E-state index contributed by atoms with van der Waals surface area (Å²) in [6, 6.07) is 0. The van der Waals surface area contributed by atoms with Crippen molar-refractivity contribution in [2.75, 3.05) is 6.61 Å². The third-order valence-electron chi connectivity index (χ3n) is 9.85. The molecular formula is C26H40O7. The van der Waals surface area contributed by atoms with Crippen LogP contribution >= 0.6 is 0 Å². The fraction of sp³-hybridized carbons (Fsp3) is 0.962. The first kappa shape index (κ1) is 22.9. The van der Waals surface area contributed by atoms with Crippen molar-refractivity contribution in [2.24, 2.45) is 16.7 Å². The van der Waals surface area contributed by atoms with Gasteiger partial charge >= 0.3 is 0 Å². The van der Waals surface area contributed by atoms with Crippen molar-refractivity contribution in [3.8, 4) is 0 Å². The summed E-state index contributed by atoms with van der Waals surface area (Å²) in [6.07, 6.45) is 1.14. The number of fused-ring (bicyclic) bond motifs is 3. The van der Waals surface area contributed by atoms with Gasteiger partial charge in [0.2, 0.25) is 0 Å². The highest BCUT2D eigenvalue weighted by Crippen LogP contribution is 2.73. The minimum atomic E-state index is -1.23. The van der Waals surface area contributed by atoms with Gasteiger partial charge in [0.25, 0.3) is 0 Å². The molecule has 0 N–H and O–H groups in total. The summed E-state index contributed by atoms with van der Waals surface area (Å²) in [4.78, 5) is 14.6. The summed E-state index contributed by atoms with van der Waals surface area (Å²) in [7, 11) is 0. The van der Waals surface area contributed by atoms with E-state index < -0.39 is 39.9 Å². The van der Waals surface area contributed by atoms with Gasteiger partial charge < -0.3 is 28.4 Å². The number of hydrogen-bond donors (Lipinski definition) is 0. The molecule has 0 aromatic carbocycles. The molecule has 7 heteroatoms. The Bertz CT molecular complexity index is 908. The minimum absolute atomic E-state index is 0.00576. The molecule has 9 atom stereocenters. The van der Waals surface area contributed by atoms with Crippen molar-refractivity contribution in [3.63, 3.8) is 0 Å². The average molecular weight is 465 g/mol. The van der Waals surface area contributed by atoms with Crippen LogP contribution in [0.15, 0.2) is 0 Å². The van der Waals surface area contributed by atoms with Crippen LogP contribution in [0.3, 0.4) is 0 Å². The Morgan fingerprint density at radius 3 is 2.12 bits per heavy atom. The van der Waals surface area contributed by atoms with Gasteiger partial charge in [-0.15, -0.1) is 0 Å². The number of ketones is 1. The van der Waals surface area contributed by atoms with Crippen LogP contribution < -0.4 is 0 Å². The maximum absolute atomic E-state index is 14.6. The van der Waals surface area contributed by atoms with Crippen LogP contribution in [0.1, 0.15) is 81.6 Å². The van der Waals surface area contributed by atoms with E-state index in [-0.39, 0.29) is 41.8 Å². The van der Waals surface area contributed by atoms with E-state index in [1.165, 1.54) is 0 Å². The van der Waals surface area contributed by atoms with Crippen LogP contribution in [0.25, 0.3) is 0 Å². The first-order valence-electron chi connectivity index (χ1n) is 12.6. The van der Waals surface area contributed by atoms with Gasteiger partial charge in [-0.05, 0) is 59.8 Å². The Morgan fingerprint density at radius 1 is 0.818 bits per heavy atom. The van der Waals surface area contributed by atoms with Gasteiger partial charge in [0, 0.05) is 17.8 Å². The first-order chi connectivity index (χ1) is 15.0.